The van der Waals surface area contributed by atoms with Crippen LogP contribution in [0.4, 0.5) is 20.6 Å². The smallest absolute Gasteiger partial charge is 0.291 e. The van der Waals surface area contributed by atoms with E-state index >= 15 is 0 Å². The van der Waals surface area contributed by atoms with Crippen LogP contribution in [0, 0.1) is 17.1 Å². The second-order valence-electron chi connectivity index (χ2n) is 5.76. The van der Waals surface area contributed by atoms with E-state index in [1.807, 2.05) is 24.3 Å². The molecule has 1 atom stereocenters. The maximum absolute atomic E-state index is 13.2. The van der Waals surface area contributed by atoms with Gasteiger partial charge in [0.15, 0.2) is 0 Å². The number of rotatable bonds is 2. The molecule has 4 rings (SSSR count). The van der Waals surface area contributed by atoms with Crippen molar-refractivity contribution in [1.82, 2.24) is 4.98 Å². The van der Waals surface area contributed by atoms with Gasteiger partial charge in [-0.05, 0) is 24.3 Å². The quantitative estimate of drug-likeness (QED) is 0.719. The first-order chi connectivity index (χ1) is 12.2. The van der Waals surface area contributed by atoms with Crippen LogP contribution >= 0.6 is 0 Å². The van der Waals surface area contributed by atoms with Crippen molar-refractivity contribution in [3.05, 3.63) is 66.7 Å². The van der Waals surface area contributed by atoms with Crippen LogP contribution in [0.2, 0.25) is 0 Å². The zero-order valence-corrected chi connectivity index (χ0v) is 13.1. The number of halogens is 1. The average Bonchev–Trinajstić information content (AvgIpc) is 2.98. The third kappa shape index (κ3) is 2.46. The number of fused-ring (bicyclic) bond motifs is 1. The summed E-state index contributed by atoms with van der Waals surface area (Å²) in [6, 6.07) is 14.5. The highest BCUT2D eigenvalue weighted by atomic mass is 19.1. The lowest BCUT2D eigenvalue weighted by molar-refractivity contribution is 0.255. The molecule has 2 aromatic carbocycles. The normalized spacial score (nSPS) is 17.1. The molecule has 0 bridgehead atoms. The van der Waals surface area contributed by atoms with Gasteiger partial charge in [-0.25, -0.2) is 9.18 Å². The minimum absolute atomic E-state index is 0.212. The summed E-state index contributed by atoms with van der Waals surface area (Å²) in [6.07, 6.45) is 3.32. The lowest BCUT2D eigenvalue weighted by Crippen LogP contribution is -2.34. The van der Waals surface area contributed by atoms with Crippen molar-refractivity contribution < 1.29 is 9.18 Å². The van der Waals surface area contributed by atoms with Crippen molar-refractivity contribution in [2.75, 3.05) is 16.3 Å². The number of benzene rings is 2. The van der Waals surface area contributed by atoms with Crippen LogP contribution in [0.25, 0.3) is 10.8 Å². The predicted octanol–water partition coefficient (Wildman–Crippen LogP) is 3.71. The number of carbonyl (C=O) groups excluding carboxylic acids is 1. The molecule has 1 aromatic heterocycles. The van der Waals surface area contributed by atoms with Crippen LogP contribution in [0.5, 0.6) is 0 Å². The molecule has 5 nitrogen and oxygen atoms in total. The number of aromatic nitrogens is 1. The zero-order chi connectivity index (χ0) is 17.4. The minimum Gasteiger partial charge on any atom is -0.291 e. The highest BCUT2D eigenvalue weighted by molar-refractivity contribution is 6.11. The summed E-state index contributed by atoms with van der Waals surface area (Å²) in [7, 11) is 0. The molecule has 0 spiro atoms. The van der Waals surface area contributed by atoms with Crippen LogP contribution in [0.3, 0.4) is 0 Å². The molecular formula is C19H13FN4O. The Hall–Kier alpha value is -3.46. The van der Waals surface area contributed by atoms with Gasteiger partial charge >= 0.3 is 6.03 Å². The maximum Gasteiger partial charge on any atom is 0.330 e. The highest BCUT2D eigenvalue weighted by Crippen LogP contribution is 2.33. The molecule has 1 aliphatic heterocycles. The van der Waals surface area contributed by atoms with Gasteiger partial charge in [-0.15, -0.1) is 0 Å². The first-order valence-electron chi connectivity index (χ1n) is 7.77. The second-order valence-corrected chi connectivity index (χ2v) is 5.76. The Labute approximate surface area is 143 Å². The van der Waals surface area contributed by atoms with Crippen molar-refractivity contribution in [3.63, 3.8) is 0 Å². The van der Waals surface area contributed by atoms with E-state index < -0.39 is 6.04 Å². The van der Waals surface area contributed by atoms with Gasteiger partial charge in [0.05, 0.1) is 24.5 Å². The lowest BCUT2D eigenvalue weighted by Gasteiger charge is -2.21. The van der Waals surface area contributed by atoms with Gasteiger partial charge in [0.2, 0.25) is 0 Å². The van der Waals surface area contributed by atoms with Crippen molar-refractivity contribution in [2.24, 2.45) is 0 Å². The van der Waals surface area contributed by atoms with Crippen molar-refractivity contribution in [1.29, 1.82) is 5.26 Å². The van der Waals surface area contributed by atoms with Crippen LogP contribution in [-0.4, -0.2) is 23.6 Å². The van der Waals surface area contributed by atoms with E-state index in [1.54, 1.807) is 12.4 Å². The molecular weight excluding hydrogens is 319 g/mol. The largest absolute Gasteiger partial charge is 0.330 e. The third-order valence-corrected chi connectivity index (χ3v) is 4.30. The van der Waals surface area contributed by atoms with E-state index in [0.717, 1.165) is 10.8 Å². The maximum atomic E-state index is 13.2. The zero-order valence-electron chi connectivity index (χ0n) is 13.1. The fourth-order valence-corrected chi connectivity index (χ4v) is 3.09. The molecule has 0 saturated carbocycles. The summed E-state index contributed by atoms with van der Waals surface area (Å²) in [4.78, 5) is 20.1. The highest BCUT2D eigenvalue weighted by Gasteiger charge is 2.40. The molecule has 1 saturated heterocycles. The monoisotopic (exact) mass is 332 g/mol. The van der Waals surface area contributed by atoms with Crippen LogP contribution in [0.15, 0.2) is 60.9 Å². The van der Waals surface area contributed by atoms with Gasteiger partial charge in [-0.3, -0.25) is 14.8 Å². The number of pyridine rings is 1. The minimum atomic E-state index is -0.648. The number of hydrogen-bond acceptors (Lipinski definition) is 3. The van der Waals surface area contributed by atoms with Gasteiger partial charge in [-0.2, -0.15) is 5.26 Å². The van der Waals surface area contributed by atoms with Gasteiger partial charge in [0.25, 0.3) is 0 Å². The van der Waals surface area contributed by atoms with Crippen molar-refractivity contribution in [2.45, 2.75) is 6.04 Å². The number of urea groups is 1. The molecule has 1 aliphatic rings. The molecule has 0 radical (unpaired) electrons. The van der Waals surface area contributed by atoms with Crippen LogP contribution in [0.1, 0.15) is 0 Å². The Morgan fingerprint density at radius 3 is 2.64 bits per heavy atom. The van der Waals surface area contributed by atoms with E-state index in [4.69, 9.17) is 0 Å². The number of nitriles is 1. The van der Waals surface area contributed by atoms with E-state index in [1.165, 1.54) is 34.1 Å². The van der Waals surface area contributed by atoms with Crippen molar-refractivity contribution >= 4 is 28.2 Å². The Balaban J connectivity index is 1.80. The lowest BCUT2D eigenvalue weighted by atomic mass is 10.1. The van der Waals surface area contributed by atoms with Crippen LogP contribution < -0.4 is 9.80 Å². The van der Waals surface area contributed by atoms with Gasteiger partial charge < -0.3 is 0 Å². The number of carbonyl (C=O) groups is 1. The third-order valence-electron chi connectivity index (χ3n) is 4.30. The molecule has 122 valence electrons. The summed E-state index contributed by atoms with van der Waals surface area (Å²) in [6.45, 7) is 0.212. The predicted molar refractivity (Wildman–Crippen MR) is 92.8 cm³/mol. The fourth-order valence-electron chi connectivity index (χ4n) is 3.09. The van der Waals surface area contributed by atoms with E-state index in [0.29, 0.717) is 11.4 Å². The SMILES string of the molecule is N#C[C@H]1CN(c2ccc(F)cc2)C(=O)N1c1cncc2ccccc12. The summed E-state index contributed by atoms with van der Waals surface area (Å²) in [5.74, 6) is -0.373. The number of anilines is 2. The van der Waals surface area contributed by atoms with Gasteiger partial charge in [0, 0.05) is 22.7 Å². The summed E-state index contributed by atoms with van der Waals surface area (Å²) in [5.41, 5.74) is 1.15. The Morgan fingerprint density at radius 2 is 1.88 bits per heavy atom. The Kier molecular flexibility index (Phi) is 3.55. The van der Waals surface area contributed by atoms with E-state index in [9.17, 15) is 14.4 Å². The number of hydrogen-bond donors (Lipinski definition) is 0. The topological polar surface area (TPSA) is 60.2 Å². The number of nitrogens with zero attached hydrogens (tertiary/aromatic N) is 4. The second kappa shape index (κ2) is 5.87. The molecule has 2 heterocycles. The van der Waals surface area contributed by atoms with Gasteiger partial charge in [-0.1, -0.05) is 24.3 Å². The summed E-state index contributed by atoms with van der Waals surface area (Å²) >= 11 is 0. The summed E-state index contributed by atoms with van der Waals surface area (Å²) < 4.78 is 13.2. The fraction of sp³-hybridized carbons (Fsp3) is 0.105. The molecule has 0 unspecified atom stereocenters. The summed E-state index contributed by atoms with van der Waals surface area (Å²) in [5, 5.41) is 11.3. The van der Waals surface area contributed by atoms with Crippen LogP contribution in [-0.2, 0) is 0 Å². The van der Waals surface area contributed by atoms with E-state index in [-0.39, 0.29) is 18.4 Å². The van der Waals surface area contributed by atoms with Gasteiger partial charge in [0.1, 0.15) is 11.9 Å². The Morgan fingerprint density at radius 1 is 1.12 bits per heavy atom. The number of amides is 2. The first kappa shape index (κ1) is 15.1. The standard InChI is InChI=1S/C19H13FN4O/c20-14-5-7-15(8-6-14)23-12-16(9-21)24(19(23)25)18-11-22-10-13-3-1-2-4-17(13)18/h1-8,10-11,16H,12H2/t16-/m0/s1. The molecule has 0 aliphatic carbocycles. The molecule has 6 heteroatoms. The first-order valence-corrected chi connectivity index (χ1v) is 7.77. The van der Waals surface area contributed by atoms with E-state index in [2.05, 4.69) is 11.1 Å². The average molecular weight is 332 g/mol. The van der Waals surface area contributed by atoms with Crippen molar-refractivity contribution in [3.8, 4) is 6.07 Å². The molecule has 1 fully saturated rings. The molecule has 25 heavy (non-hydrogen) atoms. The molecule has 0 N–H and O–H groups in total. The Bertz CT molecular complexity index is 991. The molecule has 3 aromatic rings. The molecule has 2 amide bonds.